The van der Waals surface area contributed by atoms with Crippen LogP contribution in [0.25, 0.3) is 0 Å². The van der Waals surface area contributed by atoms with Crippen LogP contribution in [0, 0.1) is 0 Å². The normalized spacial score (nSPS) is 14.9. The summed E-state index contributed by atoms with van der Waals surface area (Å²) in [5.74, 6) is 1.59. The fourth-order valence-corrected chi connectivity index (χ4v) is 2.98. The van der Waals surface area contributed by atoms with Crippen molar-refractivity contribution in [3.05, 3.63) is 46.2 Å². The second kappa shape index (κ2) is 4.59. The molecule has 0 saturated carbocycles. The molecule has 0 saturated heterocycles. The summed E-state index contributed by atoms with van der Waals surface area (Å²) in [6.45, 7) is 0.302. The van der Waals surface area contributed by atoms with Gasteiger partial charge in [-0.2, -0.15) is 0 Å². The van der Waals surface area contributed by atoms with Gasteiger partial charge in [0, 0.05) is 11.3 Å². The van der Waals surface area contributed by atoms with Gasteiger partial charge in [-0.3, -0.25) is 0 Å². The largest absolute Gasteiger partial charge is 0.454 e. The Kier molecular flexibility index (Phi) is 2.95. The molecule has 0 spiro atoms. The van der Waals surface area contributed by atoms with Crippen molar-refractivity contribution < 1.29 is 9.47 Å². The maximum Gasteiger partial charge on any atom is 0.231 e. The van der Waals surface area contributed by atoms with Crippen molar-refractivity contribution in [3.63, 3.8) is 0 Å². The first-order valence-electron chi connectivity index (χ1n) is 5.39. The first-order chi connectivity index (χ1) is 8.33. The molecule has 88 valence electrons. The van der Waals surface area contributed by atoms with Gasteiger partial charge < -0.3 is 9.47 Å². The standard InChI is InChI=1S/C13H11ClO2S/c14-11(7-10-2-1-5-17-10)9-3-4-12-13(6-9)16-8-15-12/h1-6,11H,7-8H2. The summed E-state index contributed by atoms with van der Waals surface area (Å²) in [6, 6.07) is 10.0. The van der Waals surface area contributed by atoms with Gasteiger partial charge in [0.15, 0.2) is 11.5 Å². The van der Waals surface area contributed by atoms with Crippen LogP contribution < -0.4 is 9.47 Å². The molecule has 1 atom stereocenters. The van der Waals surface area contributed by atoms with Crippen molar-refractivity contribution >= 4 is 22.9 Å². The summed E-state index contributed by atoms with van der Waals surface area (Å²) in [5, 5.41) is 2.04. The number of benzene rings is 1. The summed E-state index contributed by atoms with van der Waals surface area (Å²) >= 11 is 8.14. The van der Waals surface area contributed by atoms with Gasteiger partial charge in [-0.1, -0.05) is 12.1 Å². The summed E-state index contributed by atoms with van der Waals surface area (Å²) in [4.78, 5) is 1.29. The van der Waals surface area contributed by atoms with Crippen molar-refractivity contribution in [2.75, 3.05) is 6.79 Å². The molecule has 2 nitrogen and oxygen atoms in total. The van der Waals surface area contributed by atoms with Gasteiger partial charge in [0.25, 0.3) is 0 Å². The maximum atomic E-state index is 6.41. The third kappa shape index (κ3) is 2.26. The second-order valence-corrected chi connectivity index (χ2v) is 5.42. The molecule has 3 rings (SSSR count). The zero-order valence-electron chi connectivity index (χ0n) is 9.06. The molecule has 2 heterocycles. The zero-order chi connectivity index (χ0) is 11.7. The lowest BCUT2D eigenvalue weighted by molar-refractivity contribution is 0.174. The van der Waals surface area contributed by atoms with Crippen molar-refractivity contribution in [1.82, 2.24) is 0 Å². The second-order valence-electron chi connectivity index (χ2n) is 3.86. The van der Waals surface area contributed by atoms with E-state index in [0.29, 0.717) is 6.79 Å². The zero-order valence-corrected chi connectivity index (χ0v) is 10.6. The predicted octanol–water partition coefficient (Wildman–Crippen LogP) is 4.00. The predicted molar refractivity (Wildman–Crippen MR) is 69.2 cm³/mol. The number of hydrogen-bond acceptors (Lipinski definition) is 3. The van der Waals surface area contributed by atoms with E-state index in [2.05, 4.69) is 11.4 Å². The van der Waals surface area contributed by atoms with Crippen LogP contribution in [0.2, 0.25) is 0 Å². The van der Waals surface area contributed by atoms with Gasteiger partial charge >= 0.3 is 0 Å². The highest BCUT2D eigenvalue weighted by atomic mass is 35.5. The third-order valence-corrected chi connectivity index (χ3v) is 4.02. The molecular weight excluding hydrogens is 256 g/mol. The fraction of sp³-hybridized carbons (Fsp3) is 0.231. The smallest absolute Gasteiger partial charge is 0.231 e. The number of fused-ring (bicyclic) bond motifs is 1. The Morgan fingerprint density at radius 2 is 2.12 bits per heavy atom. The topological polar surface area (TPSA) is 18.5 Å². The van der Waals surface area contributed by atoms with E-state index >= 15 is 0 Å². The summed E-state index contributed by atoms with van der Waals surface area (Å²) in [5.41, 5.74) is 1.07. The molecule has 2 aromatic rings. The monoisotopic (exact) mass is 266 g/mol. The summed E-state index contributed by atoms with van der Waals surface area (Å²) in [7, 11) is 0. The minimum Gasteiger partial charge on any atom is -0.454 e. The van der Waals surface area contributed by atoms with E-state index in [0.717, 1.165) is 23.5 Å². The van der Waals surface area contributed by atoms with Gasteiger partial charge in [0.05, 0.1) is 5.38 Å². The number of thiophene rings is 1. The van der Waals surface area contributed by atoms with Crippen LogP contribution in [-0.4, -0.2) is 6.79 Å². The van der Waals surface area contributed by atoms with Crippen LogP contribution in [0.3, 0.4) is 0 Å². The molecule has 4 heteroatoms. The summed E-state index contributed by atoms with van der Waals surface area (Å²) in [6.07, 6.45) is 0.846. The van der Waals surface area contributed by atoms with Crippen LogP contribution in [0.1, 0.15) is 15.8 Å². The Balaban J connectivity index is 1.79. The lowest BCUT2D eigenvalue weighted by Gasteiger charge is -2.09. The Hall–Kier alpha value is -1.19. The van der Waals surface area contributed by atoms with E-state index in [1.54, 1.807) is 11.3 Å². The number of rotatable bonds is 3. The molecule has 1 aliphatic rings. The molecule has 0 bridgehead atoms. The molecule has 0 fully saturated rings. The van der Waals surface area contributed by atoms with Gasteiger partial charge in [0.1, 0.15) is 0 Å². The maximum absolute atomic E-state index is 6.41. The molecule has 1 aromatic heterocycles. The van der Waals surface area contributed by atoms with Crippen molar-refractivity contribution in [3.8, 4) is 11.5 Å². The van der Waals surface area contributed by atoms with Gasteiger partial charge in [-0.15, -0.1) is 22.9 Å². The van der Waals surface area contributed by atoms with Crippen LogP contribution in [0.4, 0.5) is 0 Å². The highest BCUT2D eigenvalue weighted by Crippen LogP contribution is 2.36. The average Bonchev–Trinajstić information content (AvgIpc) is 2.97. The van der Waals surface area contributed by atoms with E-state index in [-0.39, 0.29) is 5.38 Å². The average molecular weight is 267 g/mol. The molecule has 1 unspecified atom stereocenters. The molecule has 0 aliphatic carbocycles. The van der Waals surface area contributed by atoms with E-state index in [4.69, 9.17) is 21.1 Å². The van der Waals surface area contributed by atoms with Crippen LogP contribution in [0.15, 0.2) is 35.7 Å². The van der Waals surface area contributed by atoms with Crippen LogP contribution in [-0.2, 0) is 6.42 Å². The van der Waals surface area contributed by atoms with Crippen LogP contribution >= 0.6 is 22.9 Å². The Bertz CT molecular complexity index is 510. The van der Waals surface area contributed by atoms with E-state index in [1.807, 2.05) is 24.3 Å². The lowest BCUT2D eigenvalue weighted by Crippen LogP contribution is -1.94. The van der Waals surface area contributed by atoms with Crippen molar-refractivity contribution in [1.29, 1.82) is 0 Å². The van der Waals surface area contributed by atoms with Crippen molar-refractivity contribution in [2.24, 2.45) is 0 Å². The first-order valence-corrected chi connectivity index (χ1v) is 6.70. The number of hydrogen-bond donors (Lipinski definition) is 0. The molecule has 17 heavy (non-hydrogen) atoms. The number of alkyl halides is 1. The number of ether oxygens (including phenoxy) is 2. The summed E-state index contributed by atoms with van der Waals surface area (Å²) < 4.78 is 10.6. The minimum absolute atomic E-state index is 0.0249. The molecule has 0 radical (unpaired) electrons. The van der Waals surface area contributed by atoms with E-state index in [1.165, 1.54) is 4.88 Å². The third-order valence-electron chi connectivity index (χ3n) is 2.72. The quantitative estimate of drug-likeness (QED) is 0.782. The van der Waals surface area contributed by atoms with E-state index in [9.17, 15) is 0 Å². The van der Waals surface area contributed by atoms with Gasteiger partial charge in [-0.25, -0.2) is 0 Å². The Morgan fingerprint density at radius 1 is 1.24 bits per heavy atom. The molecule has 0 amide bonds. The first kappa shape index (κ1) is 10.9. The van der Waals surface area contributed by atoms with Gasteiger partial charge in [-0.05, 0) is 29.1 Å². The Labute approximate surface area is 109 Å². The molecule has 0 N–H and O–H groups in total. The number of halogens is 1. The van der Waals surface area contributed by atoms with E-state index < -0.39 is 0 Å². The van der Waals surface area contributed by atoms with Gasteiger partial charge in [0.2, 0.25) is 6.79 Å². The highest BCUT2D eigenvalue weighted by Gasteiger charge is 2.17. The SMILES string of the molecule is ClC(Cc1cccs1)c1ccc2c(c1)OCO2. The highest BCUT2D eigenvalue weighted by molar-refractivity contribution is 7.09. The Morgan fingerprint density at radius 3 is 2.94 bits per heavy atom. The molecule has 1 aliphatic heterocycles. The molecular formula is C13H11ClO2S. The van der Waals surface area contributed by atoms with Crippen LogP contribution in [0.5, 0.6) is 11.5 Å². The fourth-order valence-electron chi connectivity index (χ4n) is 1.83. The van der Waals surface area contributed by atoms with Crippen molar-refractivity contribution in [2.45, 2.75) is 11.8 Å². The lowest BCUT2D eigenvalue weighted by atomic mass is 10.1. The minimum atomic E-state index is -0.0249. The molecule has 1 aromatic carbocycles.